The molecule has 0 aromatic heterocycles. The number of benzene rings is 1. The lowest BCUT2D eigenvalue weighted by Gasteiger charge is -2.32. The van der Waals surface area contributed by atoms with Crippen LogP contribution in [0.25, 0.3) is 0 Å². The van der Waals surface area contributed by atoms with Crippen molar-refractivity contribution < 1.29 is 8.78 Å². The van der Waals surface area contributed by atoms with Gasteiger partial charge in [0.05, 0.1) is 0 Å². The molecule has 1 aliphatic heterocycles. The predicted octanol–water partition coefficient (Wildman–Crippen LogP) is 3.06. The van der Waals surface area contributed by atoms with Gasteiger partial charge in [-0.3, -0.25) is 4.90 Å². The van der Waals surface area contributed by atoms with Gasteiger partial charge in [0.2, 0.25) is 0 Å². The van der Waals surface area contributed by atoms with Crippen molar-refractivity contribution in [2.45, 2.75) is 24.9 Å². The highest BCUT2D eigenvalue weighted by molar-refractivity contribution is 7.99. The Balaban J connectivity index is 2.11. The highest BCUT2D eigenvalue weighted by atomic mass is 32.2. The van der Waals surface area contributed by atoms with Gasteiger partial charge in [-0.2, -0.15) is 11.8 Å². The number of halogens is 2. The van der Waals surface area contributed by atoms with Crippen molar-refractivity contribution in [2.75, 3.05) is 25.1 Å². The van der Waals surface area contributed by atoms with Crippen LogP contribution in [-0.4, -0.2) is 36.0 Å². The van der Waals surface area contributed by atoms with Gasteiger partial charge in [-0.15, -0.1) is 0 Å². The smallest absolute Gasteiger partial charge is 0.263 e. The van der Waals surface area contributed by atoms with Crippen molar-refractivity contribution in [3.63, 3.8) is 0 Å². The van der Waals surface area contributed by atoms with Crippen molar-refractivity contribution in [2.24, 2.45) is 5.73 Å². The molecule has 1 aliphatic rings. The van der Waals surface area contributed by atoms with Gasteiger partial charge in [-0.1, -0.05) is 24.3 Å². The van der Waals surface area contributed by atoms with Crippen molar-refractivity contribution in [3.8, 4) is 0 Å². The zero-order valence-corrected chi connectivity index (χ0v) is 11.9. The maximum Gasteiger partial charge on any atom is 0.263 e. The summed E-state index contributed by atoms with van der Waals surface area (Å²) in [6.07, 6.45) is -1.23. The molecule has 0 bridgehead atoms. The zero-order chi connectivity index (χ0) is 13.8. The van der Waals surface area contributed by atoms with Gasteiger partial charge in [0, 0.05) is 29.9 Å². The molecule has 1 aromatic carbocycles. The quantitative estimate of drug-likeness (QED) is 0.902. The Bertz CT molecular complexity index is 391. The number of likely N-dealkylation sites (N-methyl/N-ethyl adjacent to an activating group) is 1. The molecule has 2 nitrogen and oxygen atoms in total. The Labute approximate surface area is 117 Å². The lowest BCUT2D eigenvalue weighted by molar-refractivity contribution is 0.151. The first-order valence-electron chi connectivity index (χ1n) is 6.51. The van der Waals surface area contributed by atoms with Gasteiger partial charge in [-0.25, -0.2) is 8.78 Å². The van der Waals surface area contributed by atoms with Crippen LogP contribution in [0.5, 0.6) is 0 Å². The minimum Gasteiger partial charge on any atom is -0.329 e. The molecule has 1 aromatic rings. The summed E-state index contributed by atoms with van der Waals surface area (Å²) in [5.74, 6) is 2.32. The van der Waals surface area contributed by atoms with Crippen molar-refractivity contribution in [1.82, 2.24) is 4.90 Å². The van der Waals surface area contributed by atoms with Gasteiger partial charge in [-0.05, 0) is 24.8 Å². The topological polar surface area (TPSA) is 29.3 Å². The standard InChI is InChI=1S/C14H20F2N2S/c1-18(12-6-7-19-9-12)13(8-17)10-2-4-11(5-3-10)14(15)16/h2-5,12-14H,6-9,17H2,1H3. The number of rotatable bonds is 5. The number of alkyl halides is 2. The molecule has 0 radical (unpaired) electrons. The van der Waals surface area contributed by atoms with E-state index in [9.17, 15) is 8.78 Å². The Morgan fingerprint density at radius 2 is 1.95 bits per heavy atom. The predicted molar refractivity (Wildman–Crippen MR) is 76.7 cm³/mol. The average Bonchev–Trinajstić information content (AvgIpc) is 2.94. The molecule has 19 heavy (non-hydrogen) atoms. The van der Waals surface area contributed by atoms with Crippen LogP contribution in [-0.2, 0) is 0 Å². The largest absolute Gasteiger partial charge is 0.329 e. The van der Waals surface area contributed by atoms with E-state index in [4.69, 9.17) is 5.73 Å². The van der Waals surface area contributed by atoms with Crippen LogP contribution in [0.15, 0.2) is 24.3 Å². The molecule has 0 aliphatic carbocycles. The average molecular weight is 286 g/mol. The van der Waals surface area contributed by atoms with Crippen molar-refractivity contribution >= 4 is 11.8 Å². The van der Waals surface area contributed by atoms with Crippen molar-refractivity contribution in [1.29, 1.82) is 0 Å². The summed E-state index contributed by atoms with van der Waals surface area (Å²) in [6.45, 7) is 0.506. The molecule has 0 spiro atoms. The maximum absolute atomic E-state index is 12.5. The van der Waals surface area contributed by atoms with E-state index < -0.39 is 6.43 Å². The maximum atomic E-state index is 12.5. The van der Waals surface area contributed by atoms with E-state index in [0.717, 1.165) is 11.3 Å². The Morgan fingerprint density at radius 1 is 1.32 bits per heavy atom. The highest BCUT2D eigenvalue weighted by Crippen LogP contribution is 2.29. The second-order valence-corrected chi connectivity index (χ2v) is 6.05. The summed E-state index contributed by atoms with van der Waals surface area (Å²) in [5, 5.41) is 0. The van der Waals surface area contributed by atoms with E-state index in [0.29, 0.717) is 12.6 Å². The molecular formula is C14H20F2N2S. The number of thioether (sulfide) groups is 1. The normalized spacial score (nSPS) is 21.3. The third-order valence-corrected chi connectivity index (χ3v) is 4.91. The van der Waals surface area contributed by atoms with E-state index in [-0.39, 0.29) is 11.6 Å². The first-order chi connectivity index (χ1) is 9.13. The van der Waals surface area contributed by atoms with Crippen LogP contribution in [0, 0.1) is 0 Å². The van der Waals surface area contributed by atoms with E-state index in [1.165, 1.54) is 24.3 Å². The van der Waals surface area contributed by atoms with Crippen LogP contribution >= 0.6 is 11.8 Å². The summed E-state index contributed by atoms with van der Waals surface area (Å²) >= 11 is 1.96. The number of hydrogen-bond acceptors (Lipinski definition) is 3. The van der Waals surface area contributed by atoms with Gasteiger partial charge in [0.15, 0.2) is 0 Å². The van der Waals surface area contributed by atoms with Gasteiger partial charge >= 0.3 is 0 Å². The third-order valence-electron chi connectivity index (χ3n) is 3.77. The second kappa shape index (κ2) is 6.68. The van der Waals surface area contributed by atoms with E-state index in [2.05, 4.69) is 11.9 Å². The summed E-state index contributed by atoms with van der Waals surface area (Å²) in [6, 6.07) is 7.19. The molecule has 2 atom stereocenters. The molecule has 0 saturated carbocycles. The van der Waals surface area contributed by atoms with Gasteiger partial charge in [0.1, 0.15) is 0 Å². The van der Waals surface area contributed by atoms with Crippen LogP contribution in [0.1, 0.15) is 30.0 Å². The van der Waals surface area contributed by atoms with E-state index in [1.807, 2.05) is 11.8 Å². The molecule has 2 unspecified atom stereocenters. The summed E-state index contributed by atoms with van der Waals surface area (Å²) < 4.78 is 25.1. The molecule has 2 N–H and O–H groups in total. The van der Waals surface area contributed by atoms with Crippen LogP contribution < -0.4 is 5.73 Å². The van der Waals surface area contributed by atoms with Crippen LogP contribution in [0.2, 0.25) is 0 Å². The van der Waals surface area contributed by atoms with E-state index >= 15 is 0 Å². The Hall–Kier alpha value is -0.650. The summed E-state index contributed by atoms with van der Waals surface area (Å²) in [4.78, 5) is 2.29. The fourth-order valence-electron chi connectivity index (χ4n) is 2.50. The molecule has 5 heteroatoms. The second-order valence-electron chi connectivity index (χ2n) is 4.90. The molecule has 1 saturated heterocycles. The molecule has 0 amide bonds. The number of hydrogen-bond donors (Lipinski definition) is 1. The lowest BCUT2D eigenvalue weighted by Crippen LogP contribution is -2.38. The van der Waals surface area contributed by atoms with Gasteiger partial charge in [0.25, 0.3) is 6.43 Å². The highest BCUT2D eigenvalue weighted by Gasteiger charge is 2.26. The van der Waals surface area contributed by atoms with Crippen molar-refractivity contribution in [3.05, 3.63) is 35.4 Å². The first-order valence-corrected chi connectivity index (χ1v) is 7.66. The number of nitrogens with zero attached hydrogens (tertiary/aromatic N) is 1. The minimum absolute atomic E-state index is 0.0681. The third kappa shape index (κ3) is 3.46. The molecule has 2 rings (SSSR count). The van der Waals surface area contributed by atoms with Crippen LogP contribution in [0.3, 0.4) is 0 Å². The summed E-state index contributed by atoms with van der Waals surface area (Å²) in [5.41, 5.74) is 6.96. The Kier molecular flexibility index (Phi) is 5.19. The minimum atomic E-state index is -2.41. The number of nitrogens with two attached hydrogens (primary N) is 1. The molecule has 1 fully saturated rings. The fourth-order valence-corrected chi connectivity index (χ4v) is 3.78. The molecule has 106 valence electrons. The molecule has 1 heterocycles. The first kappa shape index (κ1) is 14.8. The van der Waals surface area contributed by atoms with Gasteiger partial charge < -0.3 is 5.73 Å². The zero-order valence-electron chi connectivity index (χ0n) is 11.1. The molecular weight excluding hydrogens is 266 g/mol. The lowest BCUT2D eigenvalue weighted by atomic mass is 10.0. The summed E-state index contributed by atoms with van der Waals surface area (Å²) in [7, 11) is 2.08. The van der Waals surface area contributed by atoms with Crippen LogP contribution in [0.4, 0.5) is 8.78 Å². The SMILES string of the molecule is CN(C1CCSC1)C(CN)c1ccc(C(F)F)cc1. The Morgan fingerprint density at radius 3 is 2.42 bits per heavy atom. The fraction of sp³-hybridized carbons (Fsp3) is 0.571. The monoisotopic (exact) mass is 286 g/mol. The van der Waals surface area contributed by atoms with E-state index in [1.54, 1.807) is 12.1 Å².